The van der Waals surface area contributed by atoms with Gasteiger partial charge in [-0.3, -0.25) is 4.79 Å². The van der Waals surface area contributed by atoms with Crippen molar-refractivity contribution in [3.05, 3.63) is 47.8 Å². The molecule has 0 aliphatic heterocycles. The fourth-order valence-electron chi connectivity index (χ4n) is 1.92. The molecule has 0 radical (unpaired) electrons. The molecule has 4 nitrogen and oxygen atoms in total. The molecule has 0 aliphatic carbocycles. The van der Waals surface area contributed by atoms with Crippen molar-refractivity contribution in [2.45, 2.75) is 38.6 Å². The number of nitrogens with one attached hydrogen (secondary N) is 1. The van der Waals surface area contributed by atoms with E-state index < -0.39 is 29.2 Å². The van der Waals surface area contributed by atoms with Gasteiger partial charge in [-0.05, 0) is 33.3 Å². The number of carboxylic acids is 1. The monoisotopic (exact) mass is 293 g/mol. The molecule has 0 saturated heterocycles. The second-order valence-electron chi connectivity index (χ2n) is 5.27. The molecule has 0 aromatic heterocycles. The summed E-state index contributed by atoms with van der Waals surface area (Å²) in [5.41, 5.74) is -0.924. The molecule has 1 unspecified atom stereocenters. The van der Waals surface area contributed by atoms with E-state index in [1.54, 1.807) is 45.1 Å². The van der Waals surface area contributed by atoms with Crippen molar-refractivity contribution >= 4 is 11.9 Å². The van der Waals surface area contributed by atoms with Crippen molar-refractivity contribution < 1.29 is 19.1 Å². The summed E-state index contributed by atoms with van der Waals surface area (Å²) >= 11 is 0. The Morgan fingerprint density at radius 1 is 1.38 bits per heavy atom. The van der Waals surface area contributed by atoms with Crippen LogP contribution in [0.1, 0.15) is 32.8 Å². The van der Waals surface area contributed by atoms with Gasteiger partial charge < -0.3 is 10.4 Å². The Hall–Kier alpha value is -2.17. The molecule has 0 saturated carbocycles. The summed E-state index contributed by atoms with van der Waals surface area (Å²) in [5.74, 6) is -2.13. The van der Waals surface area contributed by atoms with Crippen molar-refractivity contribution in [1.29, 1.82) is 0 Å². The van der Waals surface area contributed by atoms with Gasteiger partial charge in [0.05, 0.1) is 5.41 Å². The van der Waals surface area contributed by atoms with E-state index in [-0.39, 0.29) is 12.0 Å². The summed E-state index contributed by atoms with van der Waals surface area (Å²) in [6.45, 7) is 4.90. The Bertz CT molecular complexity index is 552. The third-order valence-corrected chi connectivity index (χ3v) is 3.33. The van der Waals surface area contributed by atoms with E-state index in [9.17, 15) is 14.0 Å². The number of amides is 1. The van der Waals surface area contributed by atoms with E-state index in [2.05, 4.69) is 5.32 Å². The average Bonchev–Trinajstić information content (AvgIpc) is 2.43. The number of halogens is 1. The number of hydrogen-bond donors (Lipinski definition) is 2. The van der Waals surface area contributed by atoms with Crippen LogP contribution in [0.3, 0.4) is 0 Å². The van der Waals surface area contributed by atoms with E-state index >= 15 is 0 Å². The maximum Gasteiger partial charge on any atom is 0.326 e. The zero-order chi connectivity index (χ0) is 16.0. The lowest BCUT2D eigenvalue weighted by atomic mass is 9.83. The second kappa shape index (κ2) is 7.02. The number of hydrogen-bond acceptors (Lipinski definition) is 2. The molecule has 1 atom stereocenters. The van der Waals surface area contributed by atoms with Crippen LogP contribution in [0.4, 0.5) is 4.39 Å². The van der Waals surface area contributed by atoms with Crippen molar-refractivity contribution in [3.63, 3.8) is 0 Å². The molecular weight excluding hydrogens is 273 g/mol. The first kappa shape index (κ1) is 16.9. The van der Waals surface area contributed by atoms with Gasteiger partial charge in [-0.2, -0.15) is 0 Å². The largest absolute Gasteiger partial charge is 0.480 e. The smallest absolute Gasteiger partial charge is 0.326 e. The van der Waals surface area contributed by atoms with Gasteiger partial charge in [0.2, 0.25) is 5.91 Å². The van der Waals surface area contributed by atoms with Crippen molar-refractivity contribution in [2.75, 3.05) is 0 Å². The minimum Gasteiger partial charge on any atom is -0.480 e. The number of rotatable bonds is 6. The number of allylic oxidation sites excluding steroid dienone is 1. The molecule has 0 aliphatic rings. The Balaban J connectivity index is 2.95. The Morgan fingerprint density at radius 3 is 2.52 bits per heavy atom. The summed E-state index contributed by atoms with van der Waals surface area (Å²) in [7, 11) is 0. The summed E-state index contributed by atoms with van der Waals surface area (Å²) in [4.78, 5) is 23.5. The SMILES string of the molecule is C/C=C/CC(NC(=O)C(C)(C)c1ccccc1F)C(=O)O. The highest BCUT2D eigenvalue weighted by Gasteiger charge is 2.34. The number of carboxylic acid groups (broad SMARTS) is 1. The lowest BCUT2D eigenvalue weighted by Gasteiger charge is -2.26. The molecule has 114 valence electrons. The van der Waals surface area contributed by atoms with Gasteiger partial charge in [-0.1, -0.05) is 30.4 Å². The fraction of sp³-hybridized carbons (Fsp3) is 0.375. The molecule has 0 bridgehead atoms. The fourth-order valence-corrected chi connectivity index (χ4v) is 1.92. The molecule has 0 spiro atoms. The summed E-state index contributed by atoms with van der Waals surface area (Å²) < 4.78 is 13.8. The quantitative estimate of drug-likeness (QED) is 0.792. The first-order valence-electron chi connectivity index (χ1n) is 6.70. The van der Waals surface area contributed by atoms with Gasteiger partial charge in [-0.15, -0.1) is 0 Å². The molecular formula is C16H20FNO3. The molecule has 2 N–H and O–H groups in total. The van der Waals surface area contributed by atoms with Crippen molar-refractivity contribution in [2.24, 2.45) is 0 Å². The molecule has 0 heterocycles. The lowest BCUT2D eigenvalue weighted by Crippen LogP contribution is -2.48. The number of benzene rings is 1. The normalized spacial score (nSPS) is 13.1. The molecule has 0 fully saturated rings. The van der Waals surface area contributed by atoms with Gasteiger partial charge in [0.25, 0.3) is 0 Å². The summed E-state index contributed by atoms with van der Waals surface area (Å²) in [6, 6.07) is 4.95. The van der Waals surface area contributed by atoms with E-state index in [0.717, 1.165) is 0 Å². The van der Waals surface area contributed by atoms with Gasteiger partial charge in [-0.25, -0.2) is 9.18 Å². The van der Waals surface area contributed by atoms with Crippen LogP contribution in [0.15, 0.2) is 36.4 Å². The highest BCUT2D eigenvalue weighted by molar-refractivity contribution is 5.90. The van der Waals surface area contributed by atoms with Crippen molar-refractivity contribution in [1.82, 2.24) is 5.32 Å². The minimum atomic E-state index is -1.16. The lowest BCUT2D eigenvalue weighted by molar-refractivity contribution is -0.142. The Labute approximate surface area is 123 Å². The van der Waals surface area contributed by atoms with E-state index in [0.29, 0.717) is 0 Å². The zero-order valence-corrected chi connectivity index (χ0v) is 12.4. The number of carbonyl (C=O) groups excluding carboxylic acids is 1. The number of carbonyl (C=O) groups is 2. The zero-order valence-electron chi connectivity index (χ0n) is 12.4. The Morgan fingerprint density at radius 2 is 2.00 bits per heavy atom. The Kier molecular flexibility index (Phi) is 5.64. The van der Waals surface area contributed by atoms with Crippen LogP contribution in [0.2, 0.25) is 0 Å². The van der Waals surface area contributed by atoms with Gasteiger partial charge in [0, 0.05) is 5.56 Å². The highest BCUT2D eigenvalue weighted by atomic mass is 19.1. The van der Waals surface area contributed by atoms with Gasteiger partial charge in [0.15, 0.2) is 0 Å². The molecule has 1 aromatic rings. The first-order valence-corrected chi connectivity index (χ1v) is 6.70. The van der Waals surface area contributed by atoms with E-state index in [4.69, 9.17) is 5.11 Å². The first-order chi connectivity index (χ1) is 9.80. The van der Waals surface area contributed by atoms with Crippen LogP contribution in [0, 0.1) is 5.82 Å². The van der Waals surface area contributed by atoms with E-state index in [1.807, 2.05) is 0 Å². The maximum absolute atomic E-state index is 13.8. The molecule has 21 heavy (non-hydrogen) atoms. The third kappa shape index (κ3) is 4.15. The topological polar surface area (TPSA) is 66.4 Å². The molecule has 1 aromatic carbocycles. The second-order valence-corrected chi connectivity index (χ2v) is 5.27. The van der Waals surface area contributed by atoms with Crippen molar-refractivity contribution in [3.8, 4) is 0 Å². The third-order valence-electron chi connectivity index (χ3n) is 3.33. The maximum atomic E-state index is 13.8. The van der Waals surface area contributed by atoms with Crippen LogP contribution in [0.25, 0.3) is 0 Å². The standard InChI is InChI=1S/C16H20FNO3/c1-4-5-10-13(14(19)20)18-15(21)16(2,3)11-8-6-7-9-12(11)17/h4-9,13H,10H2,1-3H3,(H,18,21)(H,19,20)/b5-4+. The highest BCUT2D eigenvalue weighted by Crippen LogP contribution is 2.26. The molecule has 5 heteroatoms. The van der Waals surface area contributed by atoms with Crippen LogP contribution in [-0.4, -0.2) is 23.0 Å². The average molecular weight is 293 g/mol. The van der Waals surface area contributed by atoms with Crippen LogP contribution in [0.5, 0.6) is 0 Å². The molecule has 1 rings (SSSR count). The molecule has 1 amide bonds. The van der Waals surface area contributed by atoms with Gasteiger partial charge >= 0.3 is 5.97 Å². The minimum absolute atomic E-state index is 0.185. The number of aliphatic carboxylic acids is 1. The van der Waals surface area contributed by atoms with Crippen LogP contribution in [-0.2, 0) is 15.0 Å². The van der Waals surface area contributed by atoms with Crippen LogP contribution >= 0.6 is 0 Å². The summed E-state index contributed by atoms with van der Waals surface area (Å²) in [6.07, 6.45) is 3.56. The van der Waals surface area contributed by atoms with E-state index in [1.165, 1.54) is 12.1 Å². The predicted molar refractivity (Wildman–Crippen MR) is 78.4 cm³/mol. The predicted octanol–water partition coefficient (Wildman–Crippen LogP) is 2.64. The van der Waals surface area contributed by atoms with Crippen LogP contribution < -0.4 is 5.32 Å². The van der Waals surface area contributed by atoms with Gasteiger partial charge in [0.1, 0.15) is 11.9 Å². The summed E-state index contributed by atoms with van der Waals surface area (Å²) in [5, 5.41) is 11.6.